The van der Waals surface area contributed by atoms with Crippen molar-refractivity contribution in [2.45, 2.75) is 43.6 Å². The first-order valence-electron chi connectivity index (χ1n) is 10.9. The van der Waals surface area contributed by atoms with Gasteiger partial charge in [-0.3, -0.25) is 0 Å². The maximum Gasteiger partial charge on any atom is 0.0991 e. The SMILES string of the molecule is Cl.Cl.N#Cc1cccc(-c2ccc(C(CN3CCNCC3)C3(O)CCCCC3)cc2)c1. The van der Waals surface area contributed by atoms with Gasteiger partial charge in [0.05, 0.1) is 17.2 Å². The molecule has 4 rings (SSSR count). The summed E-state index contributed by atoms with van der Waals surface area (Å²) in [7, 11) is 0. The summed E-state index contributed by atoms with van der Waals surface area (Å²) in [6.07, 6.45) is 5.27. The number of hydrogen-bond acceptors (Lipinski definition) is 4. The van der Waals surface area contributed by atoms with Crippen molar-refractivity contribution in [2.24, 2.45) is 0 Å². The number of rotatable bonds is 5. The monoisotopic (exact) mass is 461 g/mol. The molecule has 1 atom stereocenters. The third-order valence-corrected chi connectivity index (χ3v) is 6.66. The van der Waals surface area contributed by atoms with Gasteiger partial charge in [0.15, 0.2) is 0 Å². The van der Waals surface area contributed by atoms with Crippen molar-refractivity contribution in [3.8, 4) is 17.2 Å². The molecule has 168 valence electrons. The van der Waals surface area contributed by atoms with E-state index in [1.165, 1.54) is 12.0 Å². The predicted octanol–water partition coefficient (Wildman–Crippen LogP) is 4.75. The number of aliphatic hydroxyl groups is 1. The van der Waals surface area contributed by atoms with E-state index >= 15 is 0 Å². The number of halogens is 2. The minimum Gasteiger partial charge on any atom is -0.389 e. The molecule has 0 radical (unpaired) electrons. The zero-order valence-electron chi connectivity index (χ0n) is 17.9. The van der Waals surface area contributed by atoms with E-state index in [9.17, 15) is 5.11 Å². The normalized spacial score (nSPS) is 19.4. The molecule has 0 spiro atoms. The highest BCUT2D eigenvalue weighted by molar-refractivity contribution is 5.85. The Kier molecular flexibility index (Phi) is 9.81. The Morgan fingerprint density at radius 2 is 1.65 bits per heavy atom. The first-order chi connectivity index (χ1) is 14.2. The fraction of sp³-hybridized carbons (Fsp3) is 0.480. The van der Waals surface area contributed by atoms with Crippen LogP contribution in [0.2, 0.25) is 0 Å². The molecule has 1 saturated carbocycles. The molecule has 2 aromatic rings. The Morgan fingerprint density at radius 3 is 2.29 bits per heavy atom. The van der Waals surface area contributed by atoms with E-state index in [2.05, 4.69) is 40.6 Å². The van der Waals surface area contributed by atoms with Crippen LogP contribution in [0.5, 0.6) is 0 Å². The molecule has 2 fully saturated rings. The first-order valence-corrected chi connectivity index (χ1v) is 10.9. The van der Waals surface area contributed by atoms with Crippen LogP contribution in [-0.2, 0) is 0 Å². The molecule has 1 aliphatic carbocycles. The highest BCUT2D eigenvalue weighted by atomic mass is 35.5. The van der Waals surface area contributed by atoms with Crippen molar-refractivity contribution in [2.75, 3.05) is 32.7 Å². The van der Waals surface area contributed by atoms with Crippen LogP contribution in [0.3, 0.4) is 0 Å². The van der Waals surface area contributed by atoms with E-state index in [-0.39, 0.29) is 30.7 Å². The molecular formula is C25H33Cl2N3O. The van der Waals surface area contributed by atoms with Gasteiger partial charge in [0.1, 0.15) is 0 Å². The summed E-state index contributed by atoms with van der Waals surface area (Å²) >= 11 is 0. The largest absolute Gasteiger partial charge is 0.389 e. The molecule has 2 aromatic carbocycles. The van der Waals surface area contributed by atoms with Crippen molar-refractivity contribution in [1.82, 2.24) is 10.2 Å². The molecule has 2 N–H and O–H groups in total. The van der Waals surface area contributed by atoms with Gasteiger partial charge in [-0.05, 0) is 41.7 Å². The second kappa shape index (κ2) is 11.9. The van der Waals surface area contributed by atoms with Crippen LogP contribution in [0, 0.1) is 11.3 Å². The van der Waals surface area contributed by atoms with Gasteiger partial charge in [-0.1, -0.05) is 55.7 Å². The molecule has 2 aliphatic rings. The number of benzene rings is 2. The fourth-order valence-electron chi connectivity index (χ4n) is 4.93. The summed E-state index contributed by atoms with van der Waals surface area (Å²) in [4.78, 5) is 2.50. The topological polar surface area (TPSA) is 59.3 Å². The summed E-state index contributed by atoms with van der Waals surface area (Å²) < 4.78 is 0. The summed E-state index contributed by atoms with van der Waals surface area (Å²) in [5.41, 5.74) is 3.48. The molecule has 31 heavy (non-hydrogen) atoms. The molecular weight excluding hydrogens is 429 g/mol. The van der Waals surface area contributed by atoms with E-state index in [0.29, 0.717) is 5.56 Å². The summed E-state index contributed by atoms with van der Waals surface area (Å²) in [6, 6.07) is 18.6. The van der Waals surface area contributed by atoms with Gasteiger partial charge in [0.2, 0.25) is 0 Å². The standard InChI is InChI=1S/C25H31N3O.2ClH/c26-18-20-5-4-6-23(17-20)21-7-9-22(10-8-21)24(19-28-15-13-27-14-16-28)25(29)11-2-1-3-12-25;;/h4-10,17,24,27,29H,1-3,11-16,19H2;2*1H. The van der Waals surface area contributed by atoms with Crippen LogP contribution in [0.4, 0.5) is 0 Å². The van der Waals surface area contributed by atoms with Crippen LogP contribution in [0.25, 0.3) is 11.1 Å². The lowest BCUT2D eigenvalue weighted by Crippen LogP contribution is -2.49. The quantitative estimate of drug-likeness (QED) is 0.673. The van der Waals surface area contributed by atoms with Gasteiger partial charge in [0.25, 0.3) is 0 Å². The number of nitrogens with one attached hydrogen (secondary N) is 1. The molecule has 1 aliphatic heterocycles. The second-order valence-electron chi connectivity index (χ2n) is 8.58. The molecule has 4 nitrogen and oxygen atoms in total. The minimum absolute atomic E-state index is 0. The zero-order valence-corrected chi connectivity index (χ0v) is 19.6. The van der Waals surface area contributed by atoms with E-state index in [1.54, 1.807) is 0 Å². The van der Waals surface area contributed by atoms with Crippen molar-refractivity contribution in [1.29, 1.82) is 5.26 Å². The maximum atomic E-state index is 11.6. The van der Waals surface area contributed by atoms with E-state index in [1.807, 2.05) is 24.3 Å². The average Bonchev–Trinajstić information content (AvgIpc) is 2.79. The summed E-state index contributed by atoms with van der Waals surface area (Å²) in [5.74, 6) is 0.139. The lowest BCUT2D eigenvalue weighted by molar-refractivity contribution is -0.0316. The third kappa shape index (κ3) is 6.22. The van der Waals surface area contributed by atoms with Gasteiger partial charge >= 0.3 is 0 Å². The molecule has 1 heterocycles. The molecule has 6 heteroatoms. The van der Waals surface area contributed by atoms with E-state index in [0.717, 1.165) is 69.5 Å². The van der Waals surface area contributed by atoms with Crippen LogP contribution in [-0.4, -0.2) is 48.3 Å². The minimum atomic E-state index is -0.606. The van der Waals surface area contributed by atoms with Crippen molar-refractivity contribution in [3.05, 3.63) is 59.7 Å². The maximum absolute atomic E-state index is 11.6. The van der Waals surface area contributed by atoms with Gasteiger partial charge < -0.3 is 15.3 Å². The Morgan fingerprint density at radius 1 is 0.968 bits per heavy atom. The molecule has 0 aromatic heterocycles. The van der Waals surface area contributed by atoms with E-state index in [4.69, 9.17) is 5.26 Å². The molecule has 0 amide bonds. The highest BCUT2D eigenvalue weighted by Crippen LogP contribution is 2.41. The van der Waals surface area contributed by atoms with Gasteiger partial charge in [-0.2, -0.15) is 5.26 Å². The molecule has 1 saturated heterocycles. The molecule has 1 unspecified atom stereocenters. The predicted molar refractivity (Wildman–Crippen MR) is 131 cm³/mol. The number of hydrogen-bond donors (Lipinski definition) is 2. The van der Waals surface area contributed by atoms with Crippen LogP contribution in [0.1, 0.15) is 49.1 Å². The number of nitriles is 1. The van der Waals surface area contributed by atoms with Gasteiger partial charge in [0, 0.05) is 38.6 Å². The zero-order chi connectivity index (χ0) is 20.1. The number of nitrogens with zero attached hydrogens (tertiary/aromatic N) is 2. The Labute approximate surface area is 198 Å². The smallest absolute Gasteiger partial charge is 0.0991 e. The Hall–Kier alpha value is -1.61. The lowest BCUT2D eigenvalue weighted by atomic mass is 9.72. The van der Waals surface area contributed by atoms with E-state index < -0.39 is 5.60 Å². The summed E-state index contributed by atoms with van der Waals surface area (Å²) in [6.45, 7) is 5.07. The second-order valence-corrected chi connectivity index (χ2v) is 8.58. The van der Waals surface area contributed by atoms with Gasteiger partial charge in [-0.25, -0.2) is 0 Å². The van der Waals surface area contributed by atoms with Crippen LogP contribution >= 0.6 is 24.8 Å². The van der Waals surface area contributed by atoms with Crippen molar-refractivity contribution in [3.63, 3.8) is 0 Å². The lowest BCUT2D eigenvalue weighted by Gasteiger charge is -2.42. The fourth-order valence-corrected chi connectivity index (χ4v) is 4.93. The Balaban J connectivity index is 0.00000171. The van der Waals surface area contributed by atoms with Crippen molar-refractivity contribution < 1.29 is 5.11 Å². The summed E-state index contributed by atoms with van der Waals surface area (Å²) in [5, 5.41) is 24.2. The van der Waals surface area contributed by atoms with Crippen LogP contribution < -0.4 is 5.32 Å². The first kappa shape index (κ1) is 25.6. The van der Waals surface area contributed by atoms with Crippen LogP contribution in [0.15, 0.2) is 48.5 Å². The highest BCUT2D eigenvalue weighted by Gasteiger charge is 2.39. The third-order valence-electron chi connectivity index (χ3n) is 6.66. The van der Waals surface area contributed by atoms with Crippen molar-refractivity contribution >= 4 is 24.8 Å². The average molecular weight is 462 g/mol. The number of piperazine rings is 1. The Bertz CT molecular complexity index is 854. The van der Waals surface area contributed by atoms with Gasteiger partial charge in [-0.15, -0.1) is 24.8 Å². The molecule has 0 bridgehead atoms.